The van der Waals surface area contributed by atoms with E-state index in [-0.39, 0.29) is 17.3 Å². The predicted octanol–water partition coefficient (Wildman–Crippen LogP) is 3.16. The lowest BCUT2D eigenvalue weighted by Gasteiger charge is -2.06. The lowest BCUT2D eigenvalue weighted by atomic mass is 10.3. The number of fused-ring (bicyclic) bond motifs is 1. The maximum atomic E-state index is 13.1. The zero-order valence-corrected chi connectivity index (χ0v) is 15.2. The van der Waals surface area contributed by atoms with Gasteiger partial charge in [0, 0.05) is 17.4 Å². The van der Waals surface area contributed by atoms with E-state index in [4.69, 9.17) is 4.74 Å². The van der Waals surface area contributed by atoms with Crippen molar-refractivity contribution in [2.45, 2.75) is 13.5 Å². The van der Waals surface area contributed by atoms with Crippen LogP contribution in [0.5, 0.6) is 5.75 Å². The Kier molecular flexibility index (Phi) is 4.76. The average molecular weight is 379 g/mol. The van der Waals surface area contributed by atoms with Crippen molar-refractivity contribution < 1.29 is 9.13 Å². The van der Waals surface area contributed by atoms with Gasteiger partial charge in [-0.3, -0.25) is 0 Å². The van der Waals surface area contributed by atoms with Gasteiger partial charge in [0.2, 0.25) is 0 Å². The zero-order valence-electron chi connectivity index (χ0n) is 15.2. The van der Waals surface area contributed by atoms with Crippen molar-refractivity contribution in [3.63, 3.8) is 0 Å². The number of aryl methyl sites for hydroxylation is 1. The summed E-state index contributed by atoms with van der Waals surface area (Å²) in [5, 5.41) is 7.39. The molecule has 142 valence electrons. The molecule has 28 heavy (non-hydrogen) atoms. The number of rotatable bonds is 6. The van der Waals surface area contributed by atoms with Gasteiger partial charge < -0.3 is 10.1 Å². The number of anilines is 2. The summed E-state index contributed by atoms with van der Waals surface area (Å²) in [5.41, 5.74) is 1.11. The molecule has 2 aromatic heterocycles. The van der Waals surface area contributed by atoms with Crippen LogP contribution in [0.15, 0.2) is 65.5 Å². The lowest BCUT2D eigenvalue weighted by Crippen LogP contribution is -2.24. The summed E-state index contributed by atoms with van der Waals surface area (Å²) in [4.78, 5) is 17.0. The Bertz CT molecular complexity index is 1150. The molecule has 0 radical (unpaired) electrons. The fourth-order valence-electron chi connectivity index (χ4n) is 2.84. The first kappa shape index (κ1) is 17.7. The quantitative estimate of drug-likeness (QED) is 0.557. The fourth-order valence-corrected chi connectivity index (χ4v) is 2.84. The van der Waals surface area contributed by atoms with Gasteiger partial charge in [0.15, 0.2) is 0 Å². The number of ether oxygens (including phenoxy) is 1. The minimum atomic E-state index is -0.312. The molecule has 4 rings (SSSR count). The Morgan fingerprint density at radius 2 is 1.86 bits per heavy atom. The van der Waals surface area contributed by atoms with E-state index in [0.29, 0.717) is 30.4 Å². The minimum Gasteiger partial charge on any atom is -0.492 e. The molecular weight excluding hydrogens is 361 g/mol. The summed E-state index contributed by atoms with van der Waals surface area (Å²) in [6, 6.07) is 17.1. The number of nitrogens with zero attached hydrogens (tertiary/aromatic N) is 4. The number of benzene rings is 2. The molecule has 0 bridgehead atoms. The minimum absolute atomic E-state index is 0.273. The number of aromatic nitrogens is 4. The SMILES string of the molecule is Cc1cc(Nc2ccc(F)cc2)nc2nn(CCOc3ccccc3)c(=O)n12. The molecule has 7 nitrogen and oxygen atoms in total. The topological polar surface area (TPSA) is 73.4 Å². The number of nitrogens with one attached hydrogen (secondary N) is 1. The predicted molar refractivity (Wildman–Crippen MR) is 104 cm³/mol. The molecule has 0 atom stereocenters. The van der Waals surface area contributed by atoms with E-state index in [9.17, 15) is 9.18 Å². The summed E-state index contributed by atoms with van der Waals surface area (Å²) < 4.78 is 21.5. The third kappa shape index (κ3) is 3.71. The van der Waals surface area contributed by atoms with Crippen LogP contribution in [0.4, 0.5) is 15.9 Å². The maximum Gasteiger partial charge on any atom is 0.351 e. The highest BCUT2D eigenvalue weighted by Crippen LogP contribution is 2.16. The molecule has 0 amide bonds. The standard InChI is InChI=1S/C20H18FN5O2/c1-14-13-18(22-16-9-7-15(21)8-10-16)23-19-24-25(20(27)26(14)19)11-12-28-17-5-3-2-4-6-17/h2-10,13H,11-12H2,1H3,(H,22,23,24). The Morgan fingerprint density at radius 3 is 2.61 bits per heavy atom. The molecule has 4 aromatic rings. The third-order valence-corrected chi connectivity index (χ3v) is 4.17. The van der Waals surface area contributed by atoms with Gasteiger partial charge in [-0.05, 0) is 43.3 Å². The molecular formula is C20H18FN5O2. The highest BCUT2D eigenvalue weighted by molar-refractivity contribution is 5.57. The molecule has 0 saturated heterocycles. The summed E-state index contributed by atoms with van der Waals surface area (Å²) in [7, 11) is 0. The van der Waals surface area contributed by atoms with E-state index in [2.05, 4.69) is 15.4 Å². The van der Waals surface area contributed by atoms with Crippen molar-refractivity contribution in [1.29, 1.82) is 0 Å². The fraction of sp³-hybridized carbons (Fsp3) is 0.150. The first-order valence-electron chi connectivity index (χ1n) is 8.78. The largest absolute Gasteiger partial charge is 0.492 e. The lowest BCUT2D eigenvalue weighted by molar-refractivity contribution is 0.289. The van der Waals surface area contributed by atoms with Gasteiger partial charge in [0.25, 0.3) is 5.78 Å². The molecule has 2 aromatic carbocycles. The molecule has 0 aliphatic rings. The monoisotopic (exact) mass is 379 g/mol. The second kappa shape index (κ2) is 7.51. The van der Waals surface area contributed by atoms with E-state index >= 15 is 0 Å². The second-order valence-electron chi connectivity index (χ2n) is 6.22. The van der Waals surface area contributed by atoms with Crippen LogP contribution in [0.25, 0.3) is 5.78 Å². The molecule has 0 fully saturated rings. The van der Waals surface area contributed by atoms with E-state index in [1.54, 1.807) is 25.1 Å². The van der Waals surface area contributed by atoms with Crippen LogP contribution in [-0.4, -0.2) is 25.8 Å². The van der Waals surface area contributed by atoms with E-state index in [1.807, 2.05) is 30.3 Å². The van der Waals surface area contributed by atoms with Gasteiger partial charge in [0.05, 0.1) is 6.54 Å². The van der Waals surface area contributed by atoms with Crippen LogP contribution >= 0.6 is 0 Å². The van der Waals surface area contributed by atoms with Gasteiger partial charge in [-0.2, -0.15) is 4.98 Å². The Hall–Kier alpha value is -3.68. The zero-order chi connectivity index (χ0) is 19.5. The van der Waals surface area contributed by atoms with Crippen LogP contribution < -0.4 is 15.7 Å². The van der Waals surface area contributed by atoms with E-state index in [1.165, 1.54) is 21.2 Å². The summed E-state index contributed by atoms with van der Waals surface area (Å²) in [6.45, 7) is 2.42. The molecule has 8 heteroatoms. The highest BCUT2D eigenvalue weighted by atomic mass is 19.1. The first-order valence-corrected chi connectivity index (χ1v) is 8.78. The average Bonchev–Trinajstić information content (AvgIpc) is 3.00. The first-order chi connectivity index (χ1) is 13.6. The van der Waals surface area contributed by atoms with Gasteiger partial charge in [-0.1, -0.05) is 18.2 Å². The van der Waals surface area contributed by atoms with Crippen molar-refractivity contribution in [1.82, 2.24) is 19.2 Å². The van der Waals surface area contributed by atoms with Crippen molar-refractivity contribution in [3.8, 4) is 5.75 Å². The maximum absolute atomic E-state index is 13.1. The van der Waals surface area contributed by atoms with Gasteiger partial charge in [0.1, 0.15) is 24.0 Å². The molecule has 0 aliphatic carbocycles. The highest BCUT2D eigenvalue weighted by Gasteiger charge is 2.12. The Labute approximate surface area is 160 Å². The molecule has 0 aliphatic heterocycles. The van der Waals surface area contributed by atoms with Gasteiger partial charge >= 0.3 is 5.69 Å². The second-order valence-corrected chi connectivity index (χ2v) is 6.22. The molecule has 0 saturated carbocycles. The van der Waals surface area contributed by atoms with Gasteiger partial charge in [-0.25, -0.2) is 18.3 Å². The van der Waals surface area contributed by atoms with Crippen LogP contribution in [0.1, 0.15) is 5.69 Å². The molecule has 0 spiro atoms. The van der Waals surface area contributed by atoms with E-state index < -0.39 is 0 Å². The van der Waals surface area contributed by atoms with Crippen LogP contribution in [0.2, 0.25) is 0 Å². The van der Waals surface area contributed by atoms with E-state index in [0.717, 1.165) is 5.75 Å². The van der Waals surface area contributed by atoms with Crippen LogP contribution in [-0.2, 0) is 6.54 Å². The number of hydrogen-bond acceptors (Lipinski definition) is 5. The van der Waals surface area contributed by atoms with Crippen LogP contribution in [0, 0.1) is 12.7 Å². The smallest absolute Gasteiger partial charge is 0.351 e. The molecule has 1 N–H and O–H groups in total. The summed E-state index contributed by atoms with van der Waals surface area (Å²) in [5.74, 6) is 1.23. The molecule has 0 unspecified atom stereocenters. The summed E-state index contributed by atoms with van der Waals surface area (Å²) in [6.07, 6.45) is 0. The van der Waals surface area contributed by atoms with Crippen molar-refractivity contribution in [2.75, 3.05) is 11.9 Å². The molecule has 2 heterocycles. The third-order valence-electron chi connectivity index (χ3n) is 4.17. The van der Waals surface area contributed by atoms with Gasteiger partial charge in [-0.15, -0.1) is 5.10 Å². The Morgan fingerprint density at radius 1 is 1.11 bits per heavy atom. The number of halogens is 1. The van der Waals surface area contributed by atoms with Crippen LogP contribution in [0.3, 0.4) is 0 Å². The summed E-state index contributed by atoms with van der Waals surface area (Å²) >= 11 is 0. The normalized spacial score (nSPS) is 10.9. The van der Waals surface area contributed by atoms with Crippen molar-refractivity contribution in [2.24, 2.45) is 0 Å². The van der Waals surface area contributed by atoms with Crippen molar-refractivity contribution in [3.05, 3.63) is 82.7 Å². The number of para-hydroxylation sites is 1. The number of hydrogen-bond donors (Lipinski definition) is 1. The Balaban J connectivity index is 1.54. The van der Waals surface area contributed by atoms with Crippen molar-refractivity contribution >= 4 is 17.3 Å².